The van der Waals surface area contributed by atoms with Crippen molar-refractivity contribution < 1.29 is 14.3 Å². The number of rotatable bonds is 6. The Kier molecular flexibility index (Phi) is 5.16. The number of hydrogen-bond donors (Lipinski definition) is 2. The maximum Gasteiger partial charge on any atom is 0.412 e. The minimum Gasteiger partial charge on any atom is -0.497 e. The van der Waals surface area contributed by atoms with Gasteiger partial charge in [0.2, 0.25) is 0 Å². The highest BCUT2D eigenvalue weighted by molar-refractivity contribution is 5.86. The summed E-state index contributed by atoms with van der Waals surface area (Å²) in [6, 6.07) is 5.94. The van der Waals surface area contributed by atoms with Gasteiger partial charge in [0.15, 0.2) is 5.75 Å². The third kappa shape index (κ3) is 3.66. The van der Waals surface area contributed by atoms with Crippen LogP contribution in [0.15, 0.2) is 24.4 Å². The second kappa shape index (κ2) is 7.51. The third-order valence-electron chi connectivity index (χ3n) is 4.40. The smallest absolute Gasteiger partial charge is 0.412 e. The van der Waals surface area contributed by atoms with E-state index in [4.69, 9.17) is 9.47 Å². The third-order valence-corrected chi connectivity index (χ3v) is 4.40. The van der Waals surface area contributed by atoms with Gasteiger partial charge in [-0.3, -0.25) is 4.68 Å². The maximum absolute atomic E-state index is 12.0. The normalized spacial score (nSPS) is 10.9. The van der Waals surface area contributed by atoms with Gasteiger partial charge in [-0.25, -0.2) is 4.79 Å². The Morgan fingerprint density at radius 3 is 2.85 bits per heavy atom. The van der Waals surface area contributed by atoms with Crippen LogP contribution < -0.4 is 14.8 Å². The highest BCUT2D eigenvalue weighted by Crippen LogP contribution is 2.26. The summed E-state index contributed by atoms with van der Waals surface area (Å²) in [4.78, 5) is 15.4. The molecule has 0 saturated carbocycles. The molecule has 3 aromatic rings. The van der Waals surface area contributed by atoms with E-state index in [0.717, 1.165) is 34.5 Å². The van der Waals surface area contributed by atoms with Crippen molar-refractivity contribution in [2.75, 3.05) is 13.7 Å². The molecular formula is C19H24N4O3. The Labute approximate surface area is 152 Å². The van der Waals surface area contributed by atoms with E-state index in [9.17, 15) is 4.79 Å². The monoisotopic (exact) mass is 356 g/mol. The molecule has 0 aliphatic heterocycles. The number of nitrogens with zero attached hydrogens (tertiary/aromatic N) is 2. The molecule has 0 radical (unpaired) electrons. The van der Waals surface area contributed by atoms with Crippen molar-refractivity contribution >= 4 is 17.0 Å². The fraction of sp³-hybridized carbons (Fsp3) is 0.368. The minimum atomic E-state index is -0.473. The predicted octanol–water partition coefficient (Wildman–Crippen LogP) is 3.34. The lowest BCUT2D eigenvalue weighted by Gasteiger charge is -2.06. The quantitative estimate of drug-likeness (QED) is 0.710. The van der Waals surface area contributed by atoms with Gasteiger partial charge in [0, 0.05) is 29.7 Å². The fourth-order valence-corrected chi connectivity index (χ4v) is 3.00. The van der Waals surface area contributed by atoms with Crippen molar-refractivity contribution in [1.82, 2.24) is 20.1 Å². The van der Waals surface area contributed by atoms with Gasteiger partial charge in [-0.2, -0.15) is 5.10 Å². The lowest BCUT2D eigenvalue weighted by Crippen LogP contribution is -2.28. The van der Waals surface area contributed by atoms with E-state index in [1.807, 2.05) is 39.0 Å². The Hall–Kier alpha value is -2.96. The van der Waals surface area contributed by atoms with E-state index in [1.54, 1.807) is 18.0 Å². The van der Waals surface area contributed by atoms with Crippen LogP contribution in [-0.4, -0.2) is 34.5 Å². The van der Waals surface area contributed by atoms with Crippen molar-refractivity contribution in [3.63, 3.8) is 0 Å². The largest absolute Gasteiger partial charge is 0.497 e. The zero-order valence-corrected chi connectivity index (χ0v) is 15.5. The van der Waals surface area contributed by atoms with Crippen molar-refractivity contribution in [2.24, 2.45) is 0 Å². The molecular weight excluding hydrogens is 332 g/mol. The first-order chi connectivity index (χ1) is 12.5. The Morgan fingerprint density at radius 2 is 2.15 bits per heavy atom. The minimum absolute atomic E-state index is 0.473. The van der Waals surface area contributed by atoms with Crippen molar-refractivity contribution in [3.8, 4) is 11.5 Å². The van der Waals surface area contributed by atoms with Gasteiger partial charge in [-0.15, -0.1) is 0 Å². The van der Waals surface area contributed by atoms with E-state index >= 15 is 0 Å². The molecule has 0 saturated heterocycles. The van der Waals surface area contributed by atoms with Gasteiger partial charge in [-0.05, 0) is 51.0 Å². The average Bonchev–Trinajstić information content (AvgIpc) is 3.14. The molecule has 0 unspecified atom stereocenters. The molecule has 7 nitrogen and oxygen atoms in total. The summed E-state index contributed by atoms with van der Waals surface area (Å²) in [5, 5.41) is 8.17. The molecule has 1 aromatic carbocycles. The number of hydrogen-bond acceptors (Lipinski definition) is 4. The molecule has 0 aliphatic rings. The lowest BCUT2D eigenvalue weighted by atomic mass is 10.1. The lowest BCUT2D eigenvalue weighted by molar-refractivity contribution is 0.200. The molecule has 2 aromatic heterocycles. The van der Waals surface area contributed by atoms with Gasteiger partial charge in [0.1, 0.15) is 11.4 Å². The number of aromatic nitrogens is 3. The van der Waals surface area contributed by atoms with Crippen LogP contribution in [0, 0.1) is 13.8 Å². The molecule has 0 fully saturated rings. The van der Waals surface area contributed by atoms with E-state index in [-0.39, 0.29) is 0 Å². The topological polar surface area (TPSA) is 81.2 Å². The zero-order valence-electron chi connectivity index (χ0n) is 15.5. The summed E-state index contributed by atoms with van der Waals surface area (Å²) in [6.07, 6.45) is 1.95. The summed E-state index contributed by atoms with van der Waals surface area (Å²) in [6.45, 7) is 7.04. The molecule has 2 N–H and O–H groups in total. The molecule has 0 bridgehead atoms. The van der Waals surface area contributed by atoms with Gasteiger partial charge < -0.3 is 19.8 Å². The number of methoxy groups -OCH3 is 1. The first kappa shape index (κ1) is 17.8. The number of ether oxygens (including phenoxy) is 2. The Bertz CT molecular complexity index is 926. The van der Waals surface area contributed by atoms with Crippen LogP contribution in [0.25, 0.3) is 10.9 Å². The molecule has 2 heterocycles. The Morgan fingerprint density at radius 1 is 1.35 bits per heavy atom. The van der Waals surface area contributed by atoms with Crippen LogP contribution in [-0.2, 0) is 13.0 Å². The van der Waals surface area contributed by atoms with Gasteiger partial charge >= 0.3 is 6.09 Å². The standard InChI is InChI=1S/C19H24N4O3/c1-5-23-11-18(13(3)22-23)26-19(24)20-9-8-15-12(2)21-17-7-6-14(25-4)10-16(15)17/h6-7,10-11,21H,5,8-9H2,1-4H3,(H,20,24). The van der Waals surface area contributed by atoms with Gasteiger partial charge in [0.25, 0.3) is 0 Å². The van der Waals surface area contributed by atoms with Crippen LogP contribution in [0.5, 0.6) is 11.5 Å². The van der Waals surface area contributed by atoms with Crippen molar-refractivity contribution in [3.05, 3.63) is 41.3 Å². The van der Waals surface area contributed by atoms with E-state index < -0.39 is 6.09 Å². The van der Waals surface area contributed by atoms with Crippen molar-refractivity contribution in [1.29, 1.82) is 0 Å². The summed E-state index contributed by atoms with van der Waals surface area (Å²) in [7, 11) is 1.65. The molecule has 0 spiro atoms. The van der Waals surface area contributed by atoms with Gasteiger partial charge in [0.05, 0.1) is 13.3 Å². The summed E-state index contributed by atoms with van der Waals surface area (Å²) in [5.74, 6) is 1.30. The first-order valence-corrected chi connectivity index (χ1v) is 8.66. The van der Waals surface area contributed by atoms with Crippen LogP contribution in [0.2, 0.25) is 0 Å². The number of benzene rings is 1. The number of aryl methyl sites for hydroxylation is 3. The van der Waals surface area contributed by atoms with Gasteiger partial charge in [-0.1, -0.05) is 0 Å². The van der Waals surface area contributed by atoms with Crippen LogP contribution in [0.1, 0.15) is 23.9 Å². The number of nitrogens with one attached hydrogen (secondary N) is 2. The molecule has 0 aliphatic carbocycles. The van der Waals surface area contributed by atoms with Crippen LogP contribution in [0.4, 0.5) is 4.79 Å². The molecule has 1 amide bonds. The number of fused-ring (bicyclic) bond motifs is 1. The number of carbonyl (C=O) groups excluding carboxylic acids is 1. The van der Waals surface area contributed by atoms with E-state index in [0.29, 0.717) is 24.4 Å². The molecule has 3 rings (SSSR count). The number of amides is 1. The Balaban J connectivity index is 1.62. The fourth-order valence-electron chi connectivity index (χ4n) is 3.00. The summed E-state index contributed by atoms with van der Waals surface area (Å²) in [5.41, 5.74) is 4.00. The van der Waals surface area contributed by atoms with E-state index in [1.165, 1.54) is 0 Å². The average molecular weight is 356 g/mol. The SMILES string of the molecule is CCn1cc(OC(=O)NCCc2c(C)[nH]c3ccc(OC)cc23)c(C)n1. The highest BCUT2D eigenvalue weighted by atomic mass is 16.6. The second-order valence-corrected chi connectivity index (χ2v) is 6.14. The second-order valence-electron chi connectivity index (χ2n) is 6.14. The predicted molar refractivity (Wildman–Crippen MR) is 100.0 cm³/mol. The number of H-pyrrole nitrogens is 1. The first-order valence-electron chi connectivity index (χ1n) is 8.66. The number of carbonyl (C=O) groups is 1. The molecule has 26 heavy (non-hydrogen) atoms. The summed E-state index contributed by atoms with van der Waals surface area (Å²) >= 11 is 0. The molecule has 0 atom stereocenters. The number of aromatic amines is 1. The maximum atomic E-state index is 12.0. The zero-order chi connectivity index (χ0) is 18.7. The van der Waals surface area contributed by atoms with Crippen LogP contribution in [0.3, 0.4) is 0 Å². The van der Waals surface area contributed by atoms with Crippen molar-refractivity contribution in [2.45, 2.75) is 33.7 Å². The molecule has 7 heteroatoms. The highest BCUT2D eigenvalue weighted by Gasteiger charge is 2.12. The molecule has 138 valence electrons. The summed E-state index contributed by atoms with van der Waals surface area (Å²) < 4.78 is 12.4. The van der Waals surface area contributed by atoms with Crippen LogP contribution >= 0.6 is 0 Å². The van der Waals surface area contributed by atoms with E-state index in [2.05, 4.69) is 15.4 Å².